The molecule has 1 aromatic carbocycles. The van der Waals surface area contributed by atoms with Crippen LogP contribution in [0.15, 0.2) is 42.6 Å². The smallest absolute Gasteiger partial charge is 0.274 e. The molecular formula is C15H17N3O2. The standard InChI is InChI=1S/C15H17N3O2/c1-10(2)20-13-5-3-12(4-6-13)18-15(19)14-9-11(16)7-8-17-14/h3-10H,1-2H3,(H2,16,17)(H,18,19). The molecular weight excluding hydrogens is 254 g/mol. The summed E-state index contributed by atoms with van der Waals surface area (Å²) in [5.74, 6) is 0.468. The van der Waals surface area contributed by atoms with Crippen molar-refractivity contribution in [3.8, 4) is 5.75 Å². The molecule has 0 fully saturated rings. The number of rotatable bonds is 4. The number of nitrogens with one attached hydrogen (secondary N) is 1. The van der Waals surface area contributed by atoms with Crippen molar-refractivity contribution in [1.82, 2.24) is 4.98 Å². The Morgan fingerprint density at radius 2 is 1.95 bits per heavy atom. The predicted octanol–water partition coefficient (Wildman–Crippen LogP) is 2.70. The highest BCUT2D eigenvalue weighted by atomic mass is 16.5. The molecule has 5 heteroatoms. The Labute approximate surface area is 117 Å². The van der Waals surface area contributed by atoms with E-state index in [0.29, 0.717) is 11.4 Å². The van der Waals surface area contributed by atoms with E-state index < -0.39 is 0 Å². The number of nitrogen functional groups attached to an aromatic ring is 1. The highest BCUT2D eigenvalue weighted by molar-refractivity contribution is 6.03. The summed E-state index contributed by atoms with van der Waals surface area (Å²) in [6.07, 6.45) is 1.62. The van der Waals surface area contributed by atoms with Gasteiger partial charge in [-0.3, -0.25) is 9.78 Å². The highest BCUT2D eigenvalue weighted by Gasteiger charge is 2.08. The molecule has 2 rings (SSSR count). The number of pyridine rings is 1. The second kappa shape index (κ2) is 6.06. The Morgan fingerprint density at radius 3 is 2.55 bits per heavy atom. The number of nitrogens with two attached hydrogens (primary N) is 1. The lowest BCUT2D eigenvalue weighted by Crippen LogP contribution is -2.14. The quantitative estimate of drug-likeness (QED) is 0.896. The zero-order valence-electron chi connectivity index (χ0n) is 11.5. The molecule has 0 saturated carbocycles. The van der Waals surface area contributed by atoms with Crippen LogP contribution in [0.5, 0.6) is 5.75 Å². The fourth-order valence-corrected chi connectivity index (χ4v) is 1.66. The predicted molar refractivity (Wildman–Crippen MR) is 78.8 cm³/mol. The van der Waals surface area contributed by atoms with Crippen LogP contribution in [0.4, 0.5) is 11.4 Å². The number of benzene rings is 1. The zero-order chi connectivity index (χ0) is 14.5. The Bertz CT molecular complexity index is 594. The normalized spacial score (nSPS) is 10.3. The van der Waals surface area contributed by atoms with E-state index in [1.807, 2.05) is 26.0 Å². The lowest BCUT2D eigenvalue weighted by Gasteiger charge is -2.10. The van der Waals surface area contributed by atoms with Crippen LogP contribution >= 0.6 is 0 Å². The number of hydrogen-bond acceptors (Lipinski definition) is 4. The SMILES string of the molecule is CC(C)Oc1ccc(NC(=O)c2cc(N)ccn2)cc1. The van der Waals surface area contributed by atoms with Gasteiger partial charge < -0.3 is 15.8 Å². The number of nitrogens with zero attached hydrogens (tertiary/aromatic N) is 1. The molecule has 0 atom stereocenters. The average molecular weight is 271 g/mol. The zero-order valence-corrected chi connectivity index (χ0v) is 11.5. The highest BCUT2D eigenvalue weighted by Crippen LogP contribution is 2.17. The molecule has 0 spiro atoms. The number of hydrogen-bond donors (Lipinski definition) is 2. The van der Waals surface area contributed by atoms with E-state index in [9.17, 15) is 4.79 Å². The summed E-state index contributed by atoms with van der Waals surface area (Å²) in [7, 11) is 0. The van der Waals surface area contributed by atoms with Crippen LogP contribution in [0, 0.1) is 0 Å². The fourth-order valence-electron chi connectivity index (χ4n) is 1.66. The molecule has 0 saturated heterocycles. The van der Waals surface area contributed by atoms with E-state index >= 15 is 0 Å². The molecule has 104 valence electrons. The van der Waals surface area contributed by atoms with E-state index in [2.05, 4.69) is 10.3 Å². The molecule has 0 radical (unpaired) electrons. The number of ether oxygens (including phenoxy) is 1. The summed E-state index contributed by atoms with van der Waals surface area (Å²) in [6, 6.07) is 10.3. The van der Waals surface area contributed by atoms with Gasteiger partial charge in [-0.25, -0.2) is 0 Å². The lowest BCUT2D eigenvalue weighted by atomic mass is 10.2. The summed E-state index contributed by atoms with van der Waals surface area (Å²) in [5, 5.41) is 2.75. The molecule has 1 aromatic heterocycles. The molecule has 20 heavy (non-hydrogen) atoms. The van der Waals surface area contributed by atoms with Crippen molar-refractivity contribution < 1.29 is 9.53 Å². The van der Waals surface area contributed by atoms with Gasteiger partial charge in [-0.1, -0.05) is 0 Å². The van der Waals surface area contributed by atoms with Gasteiger partial charge in [0, 0.05) is 17.6 Å². The number of amides is 1. The minimum Gasteiger partial charge on any atom is -0.491 e. The van der Waals surface area contributed by atoms with Crippen molar-refractivity contribution in [2.45, 2.75) is 20.0 Å². The van der Waals surface area contributed by atoms with E-state index in [-0.39, 0.29) is 17.7 Å². The summed E-state index contributed by atoms with van der Waals surface area (Å²) >= 11 is 0. The van der Waals surface area contributed by atoms with Gasteiger partial charge in [-0.15, -0.1) is 0 Å². The Hall–Kier alpha value is -2.56. The van der Waals surface area contributed by atoms with Crippen molar-refractivity contribution in [2.24, 2.45) is 0 Å². The summed E-state index contributed by atoms with van der Waals surface area (Å²) in [6.45, 7) is 3.92. The second-order valence-corrected chi connectivity index (χ2v) is 4.62. The minimum absolute atomic E-state index is 0.118. The van der Waals surface area contributed by atoms with Crippen molar-refractivity contribution in [3.05, 3.63) is 48.3 Å². The molecule has 5 nitrogen and oxygen atoms in total. The largest absolute Gasteiger partial charge is 0.491 e. The van der Waals surface area contributed by atoms with Crippen molar-refractivity contribution in [2.75, 3.05) is 11.1 Å². The van der Waals surface area contributed by atoms with Gasteiger partial charge in [-0.2, -0.15) is 0 Å². The summed E-state index contributed by atoms with van der Waals surface area (Å²) in [4.78, 5) is 15.9. The number of anilines is 2. The number of carbonyl (C=O) groups excluding carboxylic acids is 1. The molecule has 0 aliphatic rings. The van der Waals surface area contributed by atoms with Gasteiger partial charge >= 0.3 is 0 Å². The van der Waals surface area contributed by atoms with Gasteiger partial charge in [0.15, 0.2) is 0 Å². The first-order valence-corrected chi connectivity index (χ1v) is 6.34. The third-order valence-corrected chi connectivity index (χ3v) is 2.50. The fraction of sp³-hybridized carbons (Fsp3) is 0.200. The van der Waals surface area contributed by atoms with Crippen LogP contribution in [0.3, 0.4) is 0 Å². The van der Waals surface area contributed by atoms with Crippen LogP contribution in [-0.2, 0) is 0 Å². The van der Waals surface area contributed by atoms with Crippen molar-refractivity contribution in [1.29, 1.82) is 0 Å². The first-order valence-electron chi connectivity index (χ1n) is 6.34. The molecule has 3 N–H and O–H groups in total. The molecule has 1 amide bonds. The molecule has 0 bridgehead atoms. The van der Waals surface area contributed by atoms with Crippen LogP contribution in [0.25, 0.3) is 0 Å². The van der Waals surface area contributed by atoms with Gasteiger partial charge in [0.1, 0.15) is 11.4 Å². The van der Waals surface area contributed by atoms with Crippen molar-refractivity contribution in [3.63, 3.8) is 0 Å². The Morgan fingerprint density at radius 1 is 1.25 bits per heavy atom. The molecule has 0 aliphatic heterocycles. The van der Waals surface area contributed by atoms with Gasteiger partial charge in [0.25, 0.3) is 5.91 Å². The minimum atomic E-state index is -0.296. The Kier molecular flexibility index (Phi) is 4.20. The molecule has 0 unspecified atom stereocenters. The van der Waals surface area contributed by atoms with Crippen LogP contribution < -0.4 is 15.8 Å². The van der Waals surface area contributed by atoms with E-state index in [4.69, 9.17) is 10.5 Å². The molecule has 0 aliphatic carbocycles. The van der Waals surface area contributed by atoms with Gasteiger partial charge in [0.05, 0.1) is 6.10 Å². The maximum absolute atomic E-state index is 12.0. The summed E-state index contributed by atoms with van der Waals surface area (Å²) < 4.78 is 5.53. The van der Waals surface area contributed by atoms with Crippen molar-refractivity contribution >= 4 is 17.3 Å². The van der Waals surface area contributed by atoms with Gasteiger partial charge in [0.2, 0.25) is 0 Å². The van der Waals surface area contributed by atoms with Crippen LogP contribution in [0.1, 0.15) is 24.3 Å². The van der Waals surface area contributed by atoms with Gasteiger partial charge in [-0.05, 0) is 50.2 Å². The third kappa shape index (κ3) is 3.71. The monoisotopic (exact) mass is 271 g/mol. The first-order chi connectivity index (χ1) is 9.54. The van der Waals surface area contributed by atoms with E-state index in [1.165, 1.54) is 12.3 Å². The molecule has 1 heterocycles. The number of aromatic nitrogens is 1. The van der Waals surface area contributed by atoms with Crippen LogP contribution in [0.2, 0.25) is 0 Å². The maximum Gasteiger partial charge on any atom is 0.274 e. The average Bonchev–Trinajstić information content (AvgIpc) is 2.40. The maximum atomic E-state index is 12.0. The Balaban J connectivity index is 2.04. The molecule has 2 aromatic rings. The van der Waals surface area contributed by atoms with E-state index in [1.54, 1.807) is 18.2 Å². The summed E-state index contributed by atoms with van der Waals surface area (Å²) in [5.41, 5.74) is 7.09. The number of carbonyl (C=O) groups is 1. The topological polar surface area (TPSA) is 77.2 Å². The van der Waals surface area contributed by atoms with Crippen LogP contribution in [-0.4, -0.2) is 17.0 Å². The third-order valence-electron chi connectivity index (χ3n) is 2.50. The first kappa shape index (κ1) is 13.9. The van der Waals surface area contributed by atoms with E-state index in [0.717, 1.165) is 5.75 Å². The second-order valence-electron chi connectivity index (χ2n) is 4.62. The lowest BCUT2D eigenvalue weighted by molar-refractivity contribution is 0.102.